The Morgan fingerprint density at radius 1 is 1.21 bits per heavy atom. The average Bonchev–Trinajstić information content (AvgIpc) is 3.40. The summed E-state index contributed by atoms with van der Waals surface area (Å²) in [4.78, 5) is 35.5. The lowest BCUT2D eigenvalue weighted by Crippen LogP contribution is -2.47. The van der Waals surface area contributed by atoms with Crippen LogP contribution < -0.4 is 5.32 Å². The Balaban J connectivity index is 1.55. The summed E-state index contributed by atoms with van der Waals surface area (Å²) in [5.74, 6) is 0.829. The molecule has 0 bridgehead atoms. The van der Waals surface area contributed by atoms with Crippen molar-refractivity contribution >= 4 is 17.5 Å². The Morgan fingerprint density at radius 2 is 2.00 bits per heavy atom. The minimum atomic E-state index is -0.784. The molecule has 7 heteroatoms. The van der Waals surface area contributed by atoms with Gasteiger partial charge in [0.05, 0.1) is 6.54 Å². The number of amides is 2. The van der Waals surface area contributed by atoms with E-state index in [2.05, 4.69) is 15.2 Å². The molecule has 29 heavy (non-hydrogen) atoms. The standard InChI is InChI=1S/C22H27N5O2/c1-25-14-10-23-20(25)19-22(16-7-3-4-8-17(16)24-21(22)29)9-13-27(19)18(28)15-26-11-5-2-6-12-26/h3-4,7-8,10,14,19H,2,5-6,9,11-13,15H2,1H3,(H,24,29)/t19-,22+/m0/s1. The second-order valence-electron chi connectivity index (χ2n) is 8.44. The van der Waals surface area contributed by atoms with Gasteiger partial charge in [-0.05, 0) is 44.0 Å². The highest BCUT2D eigenvalue weighted by atomic mass is 16.2. The Bertz CT molecular complexity index is 948. The zero-order valence-electron chi connectivity index (χ0n) is 16.8. The van der Waals surface area contributed by atoms with E-state index in [1.165, 1.54) is 6.42 Å². The molecule has 152 valence electrons. The molecular weight excluding hydrogens is 366 g/mol. The predicted octanol–water partition coefficient (Wildman–Crippen LogP) is 2.07. The lowest BCUT2D eigenvalue weighted by atomic mass is 9.74. The van der Waals surface area contributed by atoms with E-state index >= 15 is 0 Å². The molecule has 3 aliphatic heterocycles. The highest BCUT2D eigenvalue weighted by molar-refractivity contribution is 6.07. The highest BCUT2D eigenvalue weighted by Gasteiger charge is 2.60. The summed E-state index contributed by atoms with van der Waals surface area (Å²) in [7, 11) is 1.93. The molecule has 5 rings (SSSR count). The van der Waals surface area contributed by atoms with Crippen LogP contribution in [-0.4, -0.2) is 57.3 Å². The molecule has 1 aromatic carbocycles. The third-order valence-electron chi connectivity index (χ3n) is 6.82. The topological polar surface area (TPSA) is 70.5 Å². The van der Waals surface area contributed by atoms with Crippen molar-refractivity contribution in [1.82, 2.24) is 19.4 Å². The average molecular weight is 393 g/mol. The monoisotopic (exact) mass is 393 g/mol. The molecule has 3 aliphatic rings. The number of likely N-dealkylation sites (tertiary alicyclic amines) is 2. The SMILES string of the molecule is Cn1ccnc1[C@@H]1N(C(=O)CN2CCCCC2)CC[C@]12C(=O)Nc1ccccc12. The minimum Gasteiger partial charge on any atom is -0.336 e. The van der Waals surface area contributed by atoms with Gasteiger partial charge < -0.3 is 14.8 Å². The zero-order chi connectivity index (χ0) is 20.0. The summed E-state index contributed by atoms with van der Waals surface area (Å²) in [6, 6.07) is 7.46. The quantitative estimate of drug-likeness (QED) is 0.867. The number of benzene rings is 1. The first kappa shape index (κ1) is 18.4. The fourth-order valence-electron chi connectivity index (χ4n) is 5.35. The van der Waals surface area contributed by atoms with Crippen LogP contribution in [0.1, 0.15) is 43.1 Å². The van der Waals surface area contributed by atoms with E-state index < -0.39 is 11.5 Å². The van der Waals surface area contributed by atoms with Gasteiger partial charge in [0.1, 0.15) is 17.3 Å². The number of para-hydroxylation sites is 1. The van der Waals surface area contributed by atoms with Gasteiger partial charge in [-0.25, -0.2) is 4.98 Å². The smallest absolute Gasteiger partial charge is 0.237 e. The predicted molar refractivity (Wildman–Crippen MR) is 109 cm³/mol. The van der Waals surface area contributed by atoms with Gasteiger partial charge in [0, 0.05) is 31.7 Å². The molecule has 2 atom stereocenters. The Kier molecular flexibility index (Phi) is 4.42. The third kappa shape index (κ3) is 2.79. The van der Waals surface area contributed by atoms with Gasteiger partial charge in [0.2, 0.25) is 11.8 Å². The molecule has 2 amide bonds. The van der Waals surface area contributed by atoms with E-state index in [1.807, 2.05) is 47.0 Å². The largest absolute Gasteiger partial charge is 0.336 e. The first-order chi connectivity index (χ1) is 14.1. The van der Waals surface area contributed by atoms with Crippen molar-refractivity contribution < 1.29 is 9.59 Å². The van der Waals surface area contributed by atoms with E-state index in [9.17, 15) is 9.59 Å². The molecule has 4 heterocycles. The summed E-state index contributed by atoms with van der Waals surface area (Å²) >= 11 is 0. The summed E-state index contributed by atoms with van der Waals surface area (Å²) in [5, 5.41) is 3.06. The summed E-state index contributed by atoms with van der Waals surface area (Å²) < 4.78 is 1.94. The number of carbonyl (C=O) groups excluding carboxylic acids is 2. The molecule has 0 saturated carbocycles. The lowest BCUT2D eigenvalue weighted by molar-refractivity contribution is -0.135. The van der Waals surface area contributed by atoms with Gasteiger partial charge in [-0.1, -0.05) is 24.6 Å². The van der Waals surface area contributed by atoms with E-state index in [4.69, 9.17) is 0 Å². The fourth-order valence-corrected chi connectivity index (χ4v) is 5.35. The van der Waals surface area contributed by atoms with Crippen LogP contribution in [0.4, 0.5) is 5.69 Å². The van der Waals surface area contributed by atoms with Gasteiger partial charge in [-0.2, -0.15) is 0 Å². The lowest BCUT2D eigenvalue weighted by Gasteiger charge is -2.35. The highest BCUT2D eigenvalue weighted by Crippen LogP contribution is 2.54. The van der Waals surface area contributed by atoms with Crippen molar-refractivity contribution in [2.45, 2.75) is 37.1 Å². The first-order valence-electron chi connectivity index (χ1n) is 10.5. The molecule has 1 spiro atoms. The number of fused-ring (bicyclic) bond motifs is 2. The fraction of sp³-hybridized carbons (Fsp3) is 0.500. The number of hydrogen-bond donors (Lipinski definition) is 1. The van der Waals surface area contributed by atoms with Gasteiger partial charge in [-0.15, -0.1) is 0 Å². The van der Waals surface area contributed by atoms with E-state index in [0.717, 1.165) is 43.0 Å². The number of hydrogen-bond acceptors (Lipinski definition) is 4. The molecule has 0 aliphatic carbocycles. The number of aryl methyl sites for hydroxylation is 1. The van der Waals surface area contributed by atoms with Crippen LogP contribution in [0.15, 0.2) is 36.7 Å². The molecular formula is C22H27N5O2. The maximum Gasteiger partial charge on any atom is 0.237 e. The molecule has 0 unspecified atom stereocenters. The van der Waals surface area contributed by atoms with Gasteiger partial charge in [0.25, 0.3) is 0 Å². The van der Waals surface area contributed by atoms with Crippen LogP contribution in [0.25, 0.3) is 0 Å². The van der Waals surface area contributed by atoms with Crippen LogP contribution in [-0.2, 0) is 22.1 Å². The maximum atomic E-state index is 13.4. The number of nitrogens with zero attached hydrogens (tertiary/aromatic N) is 4. The summed E-state index contributed by atoms with van der Waals surface area (Å²) in [5.41, 5.74) is 1.04. The third-order valence-corrected chi connectivity index (χ3v) is 6.82. The van der Waals surface area contributed by atoms with E-state index in [-0.39, 0.29) is 11.8 Å². The van der Waals surface area contributed by atoms with Crippen LogP contribution in [0.3, 0.4) is 0 Å². The minimum absolute atomic E-state index is 0.0278. The van der Waals surface area contributed by atoms with Crippen molar-refractivity contribution in [2.75, 3.05) is 31.5 Å². The Hall–Kier alpha value is -2.67. The molecule has 2 aromatic rings. The first-order valence-corrected chi connectivity index (χ1v) is 10.5. The molecule has 7 nitrogen and oxygen atoms in total. The summed E-state index contributed by atoms with van der Waals surface area (Å²) in [6.45, 7) is 2.93. The van der Waals surface area contributed by atoms with Crippen molar-refractivity contribution in [3.05, 3.63) is 48.0 Å². The second-order valence-corrected chi connectivity index (χ2v) is 8.44. The van der Waals surface area contributed by atoms with Crippen molar-refractivity contribution in [3.8, 4) is 0 Å². The molecule has 2 saturated heterocycles. The van der Waals surface area contributed by atoms with Gasteiger partial charge >= 0.3 is 0 Å². The molecule has 1 N–H and O–H groups in total. The normalized spacial score (nSPS) is 26.7. The van der Waals surface area contributed by atoms with Crippen molar-refractivity contribution in [2.24, 2.45) is 7.05 Å². The maximum absolute atomic E-state index is 13.4. The van der Waals surface area contributed by atoms with Crippen LogP contribution in [0, 0.1) is 0 Å². The summed E-state index contributed by atoms with van der Waals surface area (Å²) in [6.07, 6.45) is 7.77. The van der Waals surface area contributed by atoms with Crippen LogP contribution in [0.5, 0.6) is 0 Å². The number of aromatic nitrogens is 2. The number of imidazole rings is 1. The number of anilines is 1. The second kappa shape index (κ2) is 6.99. The molecule has 2 fully saturated rings. The van der Waals surface area contributed by atoms with Gasteiger partial charge in [-0.3, -0.25) is 14.5 Å². The van der Waals surface area contributed by atoms with E-state index in [0.29, 0.717) is 19.5 Å². The van der Waals surface area contributed by atoms with Crippen LogP contribution >= 0.6 is 0 Å². The number of carbonyl (C=O) groups is 2. The molecule has 1 aromatic heterocycles. The van der Waals surface area contributed by atoms with E-state index in [1.54, 1.807) is 6.20 Å². The Morgan fingerprint density at radius 3 is 2.76 bits per heavy atom. The Labute approximate surface area is 170 Å². The number of nitrogens with one attached hydrogen (secondary N) is 1. The zero-order valence-corrected chi connectivity index (χ0v) is 16.8. The molecule has 0 radical (unpaired) electrons. The van der Waals surface area contributed by atoms with Crippen molar-refractivity contribution in [1.29, 1.82) is 0 Å². The number of rotatable bonds is 3. The van der Waals surface area contributed by atoms with Crippen LogP contribution in [0.2, 0.25) is 0 Å². The van der Waals surface area contributed by atoms with Gasteiger partial charge in [0.15, 0.2) is 0 Å². The van der Waals surface area contributed by atoms with Crippen molar-refractivity contribution in [3.63, 3.8) is 0 Å². The number of piperidine rings is 1.